The summed E-state index contributed by atoms with van der Waals surface area (Å²) in [7, 11) is 0. The fourth-order valence-corrected chi connectivity index (χ4v) is 2.78. The zero-order valence-electron chi connectivity index (χ0n) is 13.0. The van der Waals surface area contributed by atoms with Crippen molar-refractivity contribution in [3.05, 3.63) is 65.7 Å². The zero-order chi connectivity index (χ0) is 16.4. The van der Waals surface area contributed by atoms with E-state index < -0.39 is 17.3 Å². The normalized spacial score (nSPS) is 16.4. The van der Waals surface area contributed by atoms with Crippen LogP contribution in [0.2, 0.25) is 0 Å². The summed E-state index contributed by atoms with van der Waals surface area (Å²) in [5.41, 5.74) is 2.06. The van der Waals surface area contributed by atoms with Crippen LogP contribution in [0.3, 0.4) is 0 Å². The maximum absolute atomic E-state index is 12.6. The van der Waals surface area contributed by atoms with Crippen molar-refractivity contribution in [2.45, 2.75) is 31.1 Å². The molecule has 0 radical (unpaired) electrons. The molecule has 3 rings (SSSR count). The molecule has 0 spiro atoms. The topological polar surface area (TPSA) is 66.4 Å². The van der Waals surface area contributed by atoms with Crippen LogP contribution in [0.15, 0.2) is 54.6 Å². The van der Waals surface area contributed by atoms with Gasteiger partial charge in [0, 0.05) is 5.69 Å². The number of rotatable bonds is 5. The number of hydrogen-bond donors (Lipinski definition) is 2. The fraction of sp³-hybridized carbons (Fsp3) is 0.263. The summed E-state index contributed by atoms with van der Waals surface area (Å²) in [5.74, 6) is -1.41. The Morgan fingerprint density at radius 2 is 1.65 bits per heavy atom. The summed E-state index contributed by atoms with van der Waals surface area (Å²) in [6.45, 7) is 1.64. The Balaban J connectivity index is 1.73. The van der Waals surface area contributed by atoms with Gasteiger partial charge in [0.05, 0.1) is 11.3 Å². The van der Waals surface area contributed by atoms with E-state index in [-0.39, 0.29) is 5.91 Å². The van der Waals surface area contributed by atoms with Crippen molar-refractivity contribution in [3.63, 3.8) is 0 Å². The number of amides is 1. The number of carbonyl (C=O) groups excluding carboxylic acids is 1. The number of benzene rings is 2. The van der Waals surface area contributed by atoms with Crippen LogP contribution in [0.4, 0.5) is 5.69 Å². The van der Waals surface area contributed by atoms with Crippen LogP contribution in [-0.4, -0.2) is 17.0 Å². The van der Waals surface area contributed by atoms with Gasteiger partial charge < -0.3 is 10.4 Å². The van der Waals surface area contributed by atoms with E-state index >= 15 is 0 Å². The molecule has 0 aliphatic heterocycles. The van der Waals surface area contributed by atoms with Crippen molar-refractivity contribution >= 4 is 17.6 Å². The first-order chi connectivity index (χ1) is 11.0. The van der Waals surface area contributed by atoms with Crippen LogP contribution in [0.5, 0.6) is 0 Å². The van der Waals surface area contributed by atoms with Gasteiger partial charge in [-0.1, -0.05) is 42.5 Å². The van der Waals surface area contributed by atoms with Crippen LogP contribution >= 0.6 is 0 Å². The average molecular weight is 309 g/mol. The molecule has 1 unspecified atom stereocenters. The van der Waals surface area contributed by atoms with Gasteiger partial charge in [0.15, 0.2) is 0 Å². The molecule has 0 aromatic heterocycles. The molecule has 1 amide bonds. The molecule has 4 nitrogen and oxygen atoms in total. The van der Waals surface area contributed by atoms with E-state index in [1.54, 1.807) is 31.2 Å². The van der Waals surface area contributed by atoms with E-state index in [1.807, 2.05) is 30.3 Å². The minimum absolute atomic E-state index is 0.00253. The second-order valence-electron chi connectivity index (χ2n) is 6.08. The number of carbonyl (C=O) groups is 2. The third-order valence-electron chi connectivity index (χ3n) is 4.55. The van der Waals surface area contributed by atoms with Crippen LogP contribution in [0.1, 0.15) is 36.8 Å². The molecule has 118 valence electrons. The van der Waals surface area contributed by atoms with Gasteiger partial charge in [-0.2, -0.15) is 0 Å². The Hall–Kier alpha value is -2.62. The van der Waals surface area contributed by atoms with Crippen LogP contribution in [0, 0.1) is 0 Å². The Morgan fingerprint density at radius 1 is 1.04 bits per heavy atom. The summed E-state index contributed by atoms with van der Waals surface area (Å²) < 4.78 is 0. The standard InChI is InChI=1S/C19H19NO3/c1-13(17(21)22)14-7-9-16(10-8-14)20-18(23)19(11-12-19)15-5-3-2-4-6-15/h2-10,13H,11-12H2,1H3,(H,20,23)(H,21,22). The van der Waals surface area contributed by atoms with Crippen molar-refractivity contribution in [1.29, 1.82) is 0 Å². The highest BCUT2D eigenvalue weighted by Crippen LogP contribution is 2.48. The van der Waals surface area contributed by atoms with Gasteiger partial charge in [0.25, 0.3) is 0 Å². The van der Waals surface area contributed by atoms with Crippen LogP contribution in [-0.2, 0) is 15.0 Å². The molecule has 2 aromatic carbocycles. The fourth-order valence-electron chi connectivity index (χ4n) is 2.78. The first kappa shape index (κ1) is 15.3. The lowest BCUT2D eigenvalue weighted by Gasteiger charge is -2.16. The van der Waals surface area contributed by atoms with Crippen molar-refractivity contribution in [3.8, 4) is 0 Å². The number of aliphatic carboxylic acids is 1. The van der Waals surface area contributed by atoms with E-state index in [0.29, 0.717) is 5.69 Å². The first-order valence-electron chi connectivity index (χ1n) is 7.73. The zero-order valence-corrected chi connectivity index (χ0v) is 13.0. The molecule has 1 fully saturated rings. The predicted octanol–water partition coefficient (Wildman–Crippen LogP) is 3.55. The highest BCUT2D eigenvalue weighted by molar-refractivity contribution is 6.01. The molecule has 23 heavy (non-hydrogen) atoms. The van der Waals surface area contributed by atoms with Gasteiger partial charge >= 0.3 is 5.97 Å². The van der Waals surface area contributed by atoms with Crippen molar-refractivity contribution in [2.75, 3.05) is 5.32 Å². The summed E-state index contributed by atoms with van der Waals surface area (Å²) in [4.78, 5) is 23.6. The van der Waals surface area contributed by atoms with Crippen molar-refractivity contribution in [2.24, 2.45) is 0 Å². The molecule has 1 aliphatic rings. The molecule has 1 aliphatic carbocycles. The number of anilines is 1. The van der Waals surface area contributed by atoms with Gasteiger partial charge in [-0.05, 0) is 43.0 Å². The molecule has 0 bridgehead atoms. The minimum Gasteiger partial charge on any atom is -0.481 e. The van der Waals surface area contributed by atoms with Gasteiger partial charge in [-0.3, -0.25) is 9.59 Å². The monoisotopic (exact) mass is 309 g/mol. The number of nitrogens with one attached hydrogen (secondary N) is 1. The molecule has 2 N–H and O–H groups in total. The molecular weight excluding hydrogens is 290 g/mol. The molecular formula is C19H19NO3. The lowest BCUT2D eigenvalue weighted by Crippen LogP contribution is -2.27. The smallest absolute Gasteiger partial charge is 0.310 e. The Morgan fingerprint density at radius 3 is 2.17 bits per heavy atom. The Bertz CT molecular complexity index is 718. The molecule has 4 heteroatoms. The highest BCUT2D eigenvalue weighted by Gasteiger charge is 2.51. The predicted molar refractivity (Wildman–Crippen MR) is 88.5 cm³/mol. The summed E-state index contributed by atoms with van der Waals surface area (Å²) >= 11 is 0. The number of carboxylic acid groups (broad SMARTS) is 1. The third-order valence-corrected chi connectivity index (χ3v) is 4.55. The summed E-state index contributed by atoms with van der Waals surface area (Å²) in [6, 6.07) is 16.8. The van der Waals surface area contributed by atoms with E-state index in [1.165, 1.54) is 0 Å². The lowest BCUT2D eigenvalue weighted by atomic mass is 9.95. The van der Waals surface area contributed by atoms with Crippen LogP contribution < -0.4 is 5.32 Å². The van der Waals surface area contributed by atoms with Gasteiger partial charge in [0.1, 0.15) is 0 Å². The van der Waals surface area contributed by atoms with Gasteiger partial charge in [0.2, 0.25) is 5.91 Å². The molecule has 1 saturated carbocycles. The Labute approximate surface area is 135 Å². The molecule has 0 saturated heterocycles. The van der Waals surface area contributed by atoms with E-state index in [2.05, 4.69) is 5.32 Å². The SMILES string of the molecule is CC(C(=O)O)c1ccc(NC(=O)C2(c3ccccc3)CC2)cc1. The third kappa shape index (κ3) is 2.97. The van der Waals surface area contributed by atoms with Gasteiger partial charge in [-0.15, -0.1) is 0 Å². The minimum atomic E-state index is -0.859. The number of hydrogen-bond acceptors (Lipinski definition) is 2. The van der Waals surface area contributed by atoms with Gasteiger partial charge in [-0.25, -0.2) is 0 Å². The van der Waals surface area contributed by atoms with Crippen molar-refractivity contribution < 1.29 is 14.7 Å². The molecule has 0 heterocycles. The summed E-state index contributed by atoms with van der Waals surface area (Å²) in [6.07, 6.45) is 1.72. The maximum atomic E-state index is 12.6. The van der Waals surface area contributed by atoms with E-state index in [9.17, 15) is 9.59 Å². The second-order valence-corrected chi connectivity index (χ2v) is 6.08. The average Bonchev–Trinajstić information content (AvgIpc) is 3.37. The largest absolute Gasteiger partial charge is 0.481 e. The van der Waals surface area contributed by atoms with Crippen LogP contribution in [0.25, 0.3) is 0 Å². The molecule has 1 atom stereocenters. The van der Waals surface area contributed by atoms with E-state index in [0.717, 1.165) is 24.0 Å². The first-order valence-corrected chi connectivity index (χ1v) is 7.73. The van der Waals surface area contributed by atoms with E-state index in [4.69, 9.17) is 5.11 Å². The lowest BCUT2D eigenvalue weighted by molar-refractivity contribution is -0.138. The molecule has 2 aromatic rings. The quantitative estimate of drug-likeness (QED) is 0.887. The highest BCUT2D eigenvalue weighted by atomic mass is 16.4. The Kier molecular flexibility index (Phi) is 3.90. The van der Waals surface area contributed by atoms with Crippen molar-refractivity contribution in [1.82, 2.24) is 0 Å². The number of carboxylic acids is 1. The summed E-state index contributed by atoms with van der Waals surface area (Å²) in [5, 5.41) is 12.0. The maximum Gasteiger partial charge on any atom is 0.310 e. The second kappa shape index (κ2) is 5.88.